The summed E-state index contributed by atoms with van der Waals surface area (Å²) in [5, 5.41) is 18.6. The van der Waals surface area contributed by atoms with Gasteiger partial charge in [-0.25, -0.2) is 9.97 Å². The van der Waals surface area contributed by atoms with E-state index in [1.807, 2.05) is 32.9 Å². The fraction of sp³-hybridized carbons (Fsp3) is 0.323. The smallest absolute Gasteiger partial charge is 0.265 e. The lowest BCUT2D eigenvalue weighted by molar-refractivity contribution is 0.0398. The summed E-state index contributed by atoms with van der Waals surface area (Å²) in [5.41, 5.74) is 3.12. The molecule has 0 unspecified atom stereocenters. The molecule has 42 heavy (non-hydrogen) atoms. The molecule has 0 spiro atoms. The molecule has 3 heterocycles. The highest BCUT2D eigenvalue weighted by Crippen LogP contribution is 2.27. The first kappa shape index (κ1) is 29.1. The normalized spacial score (nSPS) is 13.9. The molecule has 1 aliphatic rings. The summed E-state index contributed by atoms with van der Waals surface area (Å²) in [6, 6.07) is 16.4. The maximum absolute atomic E-state index is 13.2. The number of anilines is 3. The average Bonchev–Trinajstić information content (AvgIpc) is 3.43. The Morgan fingerprint density at radius 1 is 1.10 bits per heavy atom. The molecule has 216 valence electrons. The molecule has 0 saturated carbocycles. The molecule has 1 aliphatic heterocycles. The molecule has 2 amide bonds. The minimum Gasteiger partial charge on any atom is -0.379 e. The first-order valence-electron chi connectivity index (χ1n) is 13.8. The van der Waals surface area contributed by atoms with Gasteiger partial charge in [-0.1, -0.05) is 18.2 Å². The molecule has 1 fully saturated rings. The minimum atomic E-state index is -0.712. The molecule has 10 nitrogen and oxygen atoms in total. The lowest BCUT2D eigenvalue weighted by Crippen LogP contribution is -2.39. The topological polar surface area (TPSA) is 132 Å². The molecule has 5 rings (SSSR count). The van der Waals surface area contributed by atoms with Gasteiger partial charge >= 0.3 is 0 Å². The zero-order chi connectivity index (χ0) is 29.7. The zero-order valence-electron chi connectivity index (χ0n) is 23.9. The first-order valence-corrected chi connectivity index (χ1v) is 14.6. The molecule has 2 aromatic carbocycles. The monoisotopic (exact) mass is 583 g/mol. The van der Waals surface area contributed by atoms with Crippen LogP contribution in [0.2, 0.25) is 0 Å². The SMILES string of the molecule is Cc1ccc(NC(=O)c2cccc(C(C)(C)C#N)c2)cc1NC(=O)c1cc2nc(NCCN3CCOCC3)cnc2s1. The predicted octanol–water partition coefficient (Wildman–Crippen LogP) is 5.05. The van der Waals surface area contributed by atoms with Crippen LogP contribution in [0.3, 0.4) is 0 Å². The number of hydrogen-bond acceptors (Lipinski definition) is 9. The van der Waals surface area contributed by atoms with E-state index in [2.05, 4.69) is 36.9 Å². The number of hydrogen-bond donors (Lipinski definition) is 3. The number of rotatable bonds is 9. The number of fused-ring (bicyclic) bond motifs is 1. The molecule has 0 aliphatic carbocycles. The number of aryl methyl sites for hydroxylation is 1. The van der Waals surface area contributed by atoms with Crippen molar-refractivity contribution in [3.05, 3.63) is 76.3 Å². The molecule has 3 N–H and O–H groups in total. The van der Waals surface area contributed by atoms with Crippen molar-refractivity contribution in [1.29, 1.82) is 5.26 Å². The van der Waals surface area contributed by atoms with Gasteiger partial charge in [0.25, 0.3) is 11.8 Å². The van der Waals surface area contributed by atoms with Gasteiger partial charge in [-0.05, 0) is 62.2 Å². The molecular formula is C31H33N7O3S. The summed E-state index contributed by atoms with van der Waals surface area (Å²) in [7, 11) is 0. The van der Waals surface area contributed by atoms with Crippen molar-refractivity contribution >= 4 is 50.7 Å². The predicted molar refractivity (Wildman–Crippen MR) is 165 cm³/mol. The van der Waals surface area contributed by atoms with Gasteiger partial charge in [0.05, 0.1) is 35.8 Å². The highest BCUT2D eigenvalue weighted by Gasteiger charge is 2.21. The van der Waals surface area contributed by atoms with Gasteiger partial charge in [-0.3, -0.25) is 14.5 Å². The summed E-state index contributed by atoms with van der Waals surface area (Å²) in [6.07, 6.45) is 1.69. The van der Waals surface area contributed by atoms with Crippen molar-refractivity contribution in [2.75, 3.05) is 55.3 Å². The van der Waals surface area contributed by atoms with Gasteiger partial charge in [-0.2, -0.15) is 5.26 Å². The van der Waals surface area contributed by atoms with Crippen LogP contribution >= 0.6 is 11.3 Å². The van der Waals surface area contributed by atoms with Crippen molar-refractivity contribution in [2.24, 2.45) is 0 Å². The number of ether oxygens (including phenoxy) is 1. The van der Waals surface area contributed by atoms with Gasteiger partial charge < -0.3 is 20.7 Å². The summed E-state index contributed by atoms with van der Waals surface area (Å²) >= 11 is 1.27. The van der Waals surface area contributed by atoms with Crippen LogP contribution in [0.1, 0.15) is 45.0 Å². The molecule has 0 atom stereocenters. The number of carbonyl (C=O) groups excluding carboxylic acids is 2. The van der Waals surface area contributed by atoms with Gasteiger partial charge in [0.15, 0.2) is 0 Å². The highest BCUT2D eigenvalue weighted by molar-refractivity contribution is 7.20. The Morgan fingerprint density at radius 3 is 2.69 bits per heavy atom. The number of benzene rings is 2. The Kier molecular flexibility index (Phi) is 8.77. The van der Waals surface area contributed by atoms with E-state index in [-0.39, 0.29) is 11.8 Å². The van der Waals surface area contributed by atoms with E-state index in [1.54, 1.807) is 42.6 Å². The number of morpholine rings is 1. The number of carbonyl (C=O) groups is 2. The van der Waals surface area contributed by atoms with Crippen LogP contribution < -0.4 is 16.0 Å². The second kappa shape index (κ2) is 12.7. The maximum Gasteiger partial charge on any atom is 0.265 e. The van der Waals surface area contributed by atoms with Crippen LogP contribution in [0, 0.1) is 18.3 Å². The standard InChI is InChI=1S/C31H33N7O3S/c1-20-7-8-23(35-28(39)21-5-4-6-22(15-21)31(2,3)19-32)16-24(20)37-29(40)26-17-25-30(42-26)34-18-27(36-25)33-9-10-38-11-13-41-14-12-38/h4-8,15-18H,9-14H2,1-3H3,(H,33,36)(H,35,39)(H,37,40). The Hall–Kier alpha value is -4.37. The molecule has 0 bridgehead atoms. The number of aromatic nitrogens is 2. The van der Waals surface area contributed by atoms with Crippen LogP contribution in [0.5, 0.6) is 0 Å². The van der Waals surface area contributed by atoms with E-state index in [0.717, 1.165) is 50.5 Å². The highest BCUT2D eigenvalue weighted by atomic mass is 32.1. The van der Waals surface area contributed by atoms with Crippen LogP contribution in [0.25, 0.3) is 10.3 Å². The minimum absolute atomic E-state index is 0.278. The Labute approximate surface area is 248 Å². The summed E-state index contributed by atoms with van der Waals surface area (Å²) in [6.45, 7) is 10.5. The van der Waals surface area contributed by atoms with Crippen molar-refractivity contribution in [2.45, 2.75) is 26.2 Å². The third kappa shape index (κ3) is 6.91. The van der Waals surface area contributed by atoms with E-state index >= 15 is 0 Å². The lowest BCUT2D eigenvalue weighted by atomic mass is 9.85. The van der Waals surface area contributed by atoms with Crippen molar-refractivity contribution in [3.63, 3.8) is 0 Å². The van der Waals surface area contributed by atoms with Crippen molar-refractivity contribution in [3.8, 4) is 6.07 Å². The molecular weight excluding hydrogens is 550 g/mol. The third-order valence-corrected chi connectivity index (χ3v) is 8.20. The van der Waals surface area contributed by atoms with Crippen LogP contribution in [0.15, 0.2) is 54.7 Å². The van der Waals surface area contributed by atoms with Gasteiger partial charge in [0, 0.05) is 43.1 Å². The van der Waals surface area contributed by atoms with Crippen LogP contribution in [0.4, 0.5) is 17.2 Å². The molecule has 4 aromatic rings. The number of nitrogens with one attached hydrogen (secondary N) is 3. The van der Waals surface area contributed by atoms with Crippen LogP contribution in [-0.2, 0) is 10.2 Å². The quantitative estimate of drug-likeness (QED) is 0.249. The van der Waals surface area contributed by atoms with E-state index in [9.17, 15) is 14.9 Å². The molecule has 1 saturated heterocycles. The third-order valence-electron chi connectivity index (χ3n) is 7.17. The number of nitrogens with zero attached hydrogens (tertiary/aromatic N) is 4. The largest absolute Gasteiger partial charge is 0.379 e. The van der Waals surface area contributed by atoms with Gasteiger partial charge in [-0.15, -0.1) is 11.3 Å². The zero-order valence-corrected chi connectivity index (χ0v) is 24.7. The second-order valence-corrected chi connectivity index (χ2v) is 11.7. The lowest BCUT2D eigenvalue weighted by Gasteiger charge is -2.26. The maximum atomic E-state index is 13.2. The second-order valence-electron chi connectivity index (χ2n) is 10.7. The fourth-order valence-corrected chi connectivity index (χ4v) is 5.36. The van der Waals surface area contributed by atoms with Gasteiger partial charge in [0.2, 0.25) is 0 Å². The van der Waals surface area contributed by atoms with Crippen molar-refractivity contribution in [1.82, 2.24) is 14.9 Å². The number of nitriles is 1. The number of amides is 2. The van der Waals surface area contributed by atoms with E-state index in [0.29, 0.717) is 38.0 Å². The molecule has 2 aromatic heterocycles. The van der Waals surface area contributed by atoms with E-state index in [1.165, 1.54) is 11.3 Å². The van der Waals surface area contributed by atoms with Crippen molar-refractivity contribution < 1.29 is 14.3 Å². The fourth-order valence-electron chi connectivity index (χ4n) is 4.52. The summed E-state index contributed by atoms with van der Waals surface area (Å²) < 4.78 is 5.39. The Morgan fingerprint density at radius 2 is 1.90 bits per heavy atom. The summed E-state index contributed by atoms with van der Waals surface area (Å²) in [4.78, 5) is 38.8. The van der Waals surface area contributed by atoms with E-state index in [4.69, 9.17) is 4.74 Å². The Balaban J connectivity index is 1.23. The average molecular weight is 584 g/mol. The summed E-state index contributed by atoms with van der Waals surface area (Å²) in [5.74, 6) is 0.0869. The Bertz CT molecular complexity index is 1650. The first-order chi connectivity index (χ1) is 20.2. The molecule has 11 heteroatoms. The molecule has 0 radical (unpaired) electrons. The van der Waals surface area contributed by atoms with Crippen LogP contribution in [-0.4, -0.2) is 66.1 Å². The number of thiophene rings is 1. The van der Waals surface area contributed by atoms with Gasteiger partial charge in [0.1, 0.15) is 16.2 Å². The van der Waals surface area contributed by atoms with E-state index < -0.39 is 5.41 Å².